The van der Waals surface area contributed by atoms with Crippen LogP contribution in [0.15, 0.2) is 30.3 Å². The number of nitrogens with zero attached hydrogens (tertiary/aromatic N) is 2. The van der Waals surface area contributed by atoms with E-state index in [1.165, 1.54) is 0 Å². The molecule has 1 aromatic rings. The molecule has 0 aromatic heterocycles. The van der Waals surface area contributed by atoms with Crippen LogP contribution in [0.2, 0.25) is 0 Å². The van der Waals surface area contributed by atoms with Gasteiger partial charge in [0.1, 0.15) is 6.61 Å². The van der Waals surface area contributed by atoms with Gasteiger partial charge >= 0.3 is 12.1 Å². The van der Waals surface area contributed by atoms with Crippen LogP contribution in [-0.2, 0) is 11.3 Å². The van der Waals surface area contributed by atoms with Gasteiger partial charge in [-0.1, -0.05) is 30.3 Å². The molecule has 1 heterocycles. The third-order valence-corrected chi connectivity index (χ3v) is 3.51. The van der Waals surface area contributed by atoms with E-state index in [1.54, 1.807) is 9.80 Å². The topological polar surface area (TPSA) is 61.9 Å². The van der Waals surface area contributed by atoms with Gasteiger partial charge in [0.15, 0.2) is 0 Å². The maximum Gasteiger partial charge on any atom is 0.410 e. The lowest BCUT2D eigenvalue weighted by atomic mass is 10.1. The molecule has 0 saturated carbocycles. The summed E-state index contributed by atoms with van der Waals surface area (Å²) in [6.45, 7) is 8.12. The van der Waals surface area contributed by atoms with Crippen LogP contribution in [0.5, 0.6) is 0 Å². The number of ether oxygens (including phenoxy) is 1. The Bertz CT molecular complexity index is 532. The molecule has 1 fully saturated rings. The number of hydrogen-bond donors (Lipinski definition) is 1. The van der Waals surface area contributed by atoms with Gasteiger partial charge in [-0.3, -0.25) is 0 Å². The zero-order chi connectivity index (χ0) is 16.9. The summed E-state index contributed by atoms with van der Waals surface area (Å²) < 4.78 is 5.31. The fourth-order valence-corrected chi connectivity index (χ4v) is 2.30. The van der Waals surface area contributed by atoms with Gasteiger partial charge in [-0.2, -0.15) is 0 Å². The second kappa shape index (κ2) is 7.35. The first-order chi connectivity index (χ1) is 10.8. The van der Waals surface area contributed by atoms with Crippen LogP contribution < -0.4 is 5.32 Å². The van der Waals surface area contributed by atoms with Gasteiger partial charge in [0.2, 0.25) is 0 Å². The number of hydrogen-bond acceptors (Lipinski definition) is 3. The Balaban J connectivity index is 1.75. The molecule has 2 rings (SSSR count). The van der Waals surface area contributed by atoms with Crippen LogP contribution >= 0.6 is 0 Å². The molecule has 23 heavy (non-hydrogen) atoms. The number of carbonyl (C=O) groups is 2. The van der Waals surface area contributed by atoms with Gasteiger partial charge in [0.05, 0.1) is 0 Å². The summed E-state index contributed by atoms with van der Waals surface area (Å²) in [6, 6.07) is 9.50. The van der Waals surface area contributed by atoms with Crippen molar-refractivity contribution in [2.24, 2.45) is 0 Å². The number of piperazine rings is 1. The van der Waals surface area contributed by atoms with Gasteiger partial charge in [-0.05, 0) is 26.3 Å². The maximum absolute atomic E-state index is 12.1. The minimum Gasteiger partial charge on any atom is -0.445 e. The minimum absolute atomic E-state index is 0.0881. The highest BCUT2D eigenvalue weighted by atomic mass is 16.6. The normalized spacial score (nSPS) is 15.3. The molecule has 1 aliphatic heterocycles. The fraction of sp³-hybridized carbons (Fsp3) is 0.529. The molecule has 126 valence electrons. The van der Waals surface area contributed by atoms with Crippen LogP contribution in [0.1, 0.15) is 26.3 Å². The van der Waals surface area contributed by atoms with Crippen LogP contribution in [0.3, 0.4) is 0 Å². The first-order valence-corrected chi connectivity index (χ1v) is 7.88. The summed E-state index contributed by atoms with van der Waals surface area (Å²) in [5, 5.41) is 2.93. The Morgan fingerprint density at radius 3 is 2.17 bits per heavy atom. The van der Waals surface area contributed by atoms with Crippen LogP contribution in [0, 0.1) is 0 Å². The van der Waals surface area contributed by atoms with Crippen molar-refractivity contribution < 1.29 is 14.3 Å². The Hall–Kier alpha value is -2.24. The van der Waals surface area contributed by atoms with E-state index in [0.29, 0.717) is 26.2 Å². The molecule has 0 radical (unpaired) electrons. The Labute approximate surface area is 137 Å². The van der Waals surface area contributed by atoms with Crippen molar-refractivity contribution in [1.29, 1.82) is 0 Å². The van der Waals surface area contributed by atoms with E-state index >= 15 is 0 Å². The zero-order valence-electron chi connectivity index (χ0n) is 14.0. The standard InChI is InChI=1S/C17H25N3O3/c1-17(2,3)18-15(21)19-9-11-20(12-10-19)16(22)23-13-14-7-5-4-6-8-14/h4-8H,9-13H2,1-3H3,(H,18,21). The third kappa shape index (κ3) is 5.47. The summed E-state index contributed by atoms with van der Waals surface area (Å²) in [4.78, 5) is 27.5. The van der Waals surface area contributed by atoms with Gasteiger partial charge in [0.25, 0.3) is 0 Å². The molecular weight excluding hydrogens is 294 g/mol. The van der Waals surface area contributed by atoms with E-state index in [4.69, 9.17) is 4.74 Å². The predicted molar refractivity (Wildman–Crippen MR) is 88.1 cm³/mol. The summed E-state index contributed by atoms with van der Waals surface area (Å²) in [7, 11) is 0. The van der Waals surface area contributed by atoms with E-state index < -0.39 is 0 Å². The molecule has 6 heteroatoms. The van der Waals surface area contributed by atoms with Crippen molar-refractivity contribution in [2.45, 2.75) is 32.9 Å². The quantitative estimate of drug-likeness (QED) is 0.911. The first kappa shape index (κ1) is 17.1. The van der Waals surface area contributed by atoms with E-state index in [0.717, 1.165) is 5.56 Å². The summed E-state index contributed by atoms with van der Waals surface area (Å²) in [5.74, 6) is 0. The molecule has 0 bridgehead atoms. The summed E-state index contributed by atoms with van der Waals surface area (Å²) >= 11 is 0. The van der Waals surface area contributed by atoms with Crippen molar-refractivity contribution >= 4 is 12.1 Å². The number of rotatable bonds is 2. The van der Waals surface area contributed by atoms with Crippen molar-refractivity contribution in [3.8, 4) is 0 Å². The van der Waals surface area contributed by atoms with Gasteiger partial charge in [-0.15, -0.1) is 0 Å². The lowest BCUT2D eigenvalue weighted by Gasteiger charge is -2.35. The molecule has 0 spiro atoms. The molecule has 1 saturated heterocycles. The van der Waals surface area contributed by atoms with Gasteiger partial charge in [-0.25, -0.2) is 9.59 Å². The predicted octanol–water partition coefficient (Wildman–Crippen LogP) is 2.45. The van der Waals surface area contributed by atoms with Crippen molar-refractivity contribution in [3.05, 3.63) is 35.9 Å². The summed E-state index contributed by atoms with van der Waals surface area (Å²) in [5.41, 5.74) is 0.701. The number of carbonyl (C=O) groups excluding carboxylic acids is 2. The SMILES string of the molecule is CC(C)(C)NC(=O)N1CCN(C(=O)OCc2ccccc2)CC1. The van der Waals surface area contributed by atoms with Crippen LogP contribution in [0.25, 0.3) is 0 Å². The van der Waals surface area contributed by atoms with Crippen LogP contribution in [-0.4, -0.2) is 53.6 Å². The molecule has 1 aliphatic rings. The molecule has 3 amide bonds. The van der Waals surface area contributed by atoms with Crippen molar-refractivity contribution in [2.75, 3.05) is 26.2 Å². The summed E-state index contributed by atoms with van der Waals surface area (Å²) in [6.07, 6.45) is -0.329. The van der Waals surface area contributed by atoms with Crippen molar-refractivity contribution in [1.82, 2.24) is 15.1 Å². The average Bonchev–Trinajstić information content (AvgIpc) is 2.52. The van der Waals surface area contributed by atoms with Crippen molar-refractivity contribution in [3.63, 3.8) is 0 Å². The lowest BCUT2D eigenvalue weighted by Crippen LogP contribution is -2.56. The molecule has 0 atom stereocenters. The Morgan fingerprint density at radius 1 is 1.04 bits per heavy atom. The molecule has 1 N–H and O–H groups in total. The second-order valence-electron chi connectivity index (χ2n) is 6.69. The molecule has 0 aliphatic carbocycles. The number of benzene rings is 1. The lowest BCUT2D eigenvalue weighted by molar-refractivity contribution is 0.0761. The molecule has 0 unspecified atom stereocenters. The zero-order valence-corrected chi connectivity index (χ0v) is 14.0. The molecule has 6 nitrogen and oxygen atoms in total. The van der Waals surface area contributed by atoms with E-state index in [2.05, 4.69) is 5.32 Å². The van der Waals surface area contributed by atoms with E-state index in [-0.39, 0.29) is 24.3 Å². The smallest absolute Gasteiger partial charge is 0.410 e. The highest BCUT2D eigenvalue weighted by Crippen LogP contribution is 2.08. The van der Waals surface area contributed by atoms with Crippen LogP contribution in [0.4, 0.5) is 9.59 Å². The highest BCUT2D eigenvalue weighted by Gasteiger charge is 2.26. The largest absolute Gasteiger partial charge is 0.445 e. The Kier molecular flexibility index (Phi) is 5.47. The monoisotopic (exact) mass is 319 g/mol. The maximum atomic E-state index is 12.1. The average molecular weight is 319 g/mol. The number of urea groups is 1. The molecular formula is C17H25N3O3. The Morgan fingerprint density at radius 2 is 1.61 bits per heavy atom. The number of amides is 3. The molecule has 1 aromatic carbocycles. The fourth-order valence-electron chi connectivity index (χ4n) is 2.30. The van der Waals surface area contributed by atoms with Gasteiger partial charge in [0, 0.05) is 31.7 Å². The van der Waals surface area contributed by atoms with Gasteiger partial charge < -0.3 is 19.9 Å². The second-order valence-corrected chi connectivity index (χ2v) is 6.69. The third-order valence-electron chi connectivity index (χ3n) is 3.51. The van der Waals surface area contributed by atoms with E-state index in [9.17, 15) is 9.59 Å². The highest BCUT2D eigenvalue weighted by molar-refractivity contribution is 5.75. The number of nitrogens with one attached hydrogen (secondary N) is 1. The van der Waals surface area contributed by atoms with E-state index in [1.807, 2.05) is 51.1 Å². The minimum atomic E-state index is -0.329. The first-order valence-electron chi connectivity index (χ1n) is 7.88.